The van der Waals surface area contributed by atoms with Gasteiger partial charge in [-0.25, -0.2) is 9.59 Å². The Morgan fingerprint density at radius 3 is 1.86 bits per heavy atom. The Morgan fingerprint density at radius 2 is 1.45 bits per heavy atom. The van der Waals surface area contributed by atoms with Crippen LogP contribution in [-0.4, -0.2) is 60.4 Å². The largest absolute Gasteiger partial charge is 0.467 e. The van der Waals surface area contributed by atoms with E-state index in [1.807, 2.05) is 0 Å². The highest BCUT2D eigenvalue weighted by atomic mass is 19.4. The first-order valence-electron chi connectivity index (χ1n) is 8.67. The molecule has 0 fully saturated rings. The smallest absolute Gasteiger partial charge is 0.411 e. The summed E-state index contributed by atoms with van der Waals surface area (Å²) in [6, 6.07) is -2.54. The predicted molar refractivity (Wildman–Crippen MR) is 95.7 cm³/mol. The second-order valence-corrected chi connectivity index (χ2v) is 7.68. The molecule has 0 aliphatic carbocycles. The Balaban J connectivity index is 5.18. The summed E-state index contributed by atoms with van der Waals surface area (Å²) in [6.07, 6.45) is -7.18. The number of alkyl halides is 3. The van der Waals surface area contributed by atoms with Gasteiger partial charge < -0.3 is 25.4 Å². The highest BCUT2D eigenvalue weighted by molar-refractivity contribution is 5.88. The lowest BCUT2D eigenvalue weighted by Gasteiger charge is -2.33. The molecule has 168 valence electrons. The first kappa shape index (κ1) is 26.5. The van der Waals surface area contributed by atoms with E-state index in [1.165, 1.54) is 6.92 Å². The monoisotopic (exact) mass is 427 g/mol. The molecule has 3 atom stereocenters. The van der Waals surface area contributed by atoms with Crippen LogP contribution >= 0.6 is 0 Å². The zero-order chi connectivity index (χ0) is 23.2. The van der Waals surface area contributed by atoms with Gasteiger partial charge in [-0.2, -0.15) is 13.2 Å². The van der Waals surface area contributed by atoms with Gasteiger partial charge in [0.25, 0.3) is 0 Å². The minimum atomic E-state index is -5.00. The van der Waals surface area contributed by atoms with Crippen LogP contribution in [0.3, 0.4) is 0 Å². The molecule has 0 spiro atoms. The molecule has 0 aromatic rings. The van der Waals surface area contributed by atoms with Gasteiger partial charge in [0.15, 0.2) is 0 Å². The van der Waals surface area contributed by atoms with Crippen LogP contribution in [0.25, 0.3) is 0 Å². The van der Waals surface area contributed by atoms with Crippen LogP contribution in [0.1, 0.15) is 48.0 Å². The van der Waals surface area contributed by atoms with E-state index in [2.05, 4.69) is 15.4 Å². The quantitative estimate of drug-likeness (QED) is 0.528. The molecule has 0 aliphatic heterocycles. The van der Waals surface area contributed by atoms with Crippen molar-refractivity contribution < 1.29 is 41.8 Å². The number of alkyl carbamates (subject to hydrolysis) is 1. The summed E-state index contributed by atoms with van der Waals surface area (Å²) < 4.78 is 49.9. The average Bonchev–Trinajstić information content (AvgIpc) is 2.50. The van der Waals surface area contributed by atoms with Gasteiger partial charge in [0.2, 0.25) is 11.8 Å². The number of amides is 3. The number of halogens is 3. The molecule has 0 unspecified atom stereocenters. The summed E-state index contributed by atoms with van der Waals surface area (Å²) in [7, 11) is 1.06. The normalized spacial score (nSPS) is 15.9. The van der Waals surface area contributed by atoms with Crippen molar-refractivity contribution in [2.24, 2.45) is 0 Å². The maximum atomic E-state index is 13.5. The van der Waals surface area contributed by atoms with Gasteiger partial charge in [0.05, 0.1) is 13.5 Å². The molecule has 0 heterocycles. The maximum absolute atomic E-state index is 13.5. The summed E-state index contributed by atoms with van der Waals surface area (Å²) in [5.74, 6) is -3.15. The van der Waals surface area contributed by atoms with Crippen LogP contribution in [0, 0.1) is 0 Å². The fraction of sp³-hybridized carbons (Fsp3) is 0.765. The Bertz CT molecular complexity index is 633. The molecule has 29 heavy (non-hydrogen) atoms. The zero-order valence-electron chi connectivity index (χ0n) is 17.4. The minimum Gasteiger partial charge on any atom is -0.467 e. The van der Waals surface area contributed by atoms with Crippen molar-refractivity contribution >= 4 is 23.9 Å². The molecule has 9 nitrogen and oxygen atoms in total. The third-order valence-electron chi connectivity index (χ3n) is 3.60. The summed E-state index contributed by atoms with van der Waals surface area (Å²) in [5.41, 5.74) is -3.82. The van der Waals surface area contributed by atoms with E-state index in [9.17, 15) is 32.3 Å². The molecule has 3 N–H and O–H groups in total. The van der Waals surface area contributed by atoms with Gasteiger partial charge in [0.1, 0.15) is 23.2 Å². The maximum Gasteiger partial charge on any atom is 0.411 e. The first-order chi connectivity index (χ1) is 12.9. The van der Waals surface area contributed by atoms with Crippen molar-refractivity contribution in [2.75, 3.05) is 7.11 Å². The van der Waals surface area contributed by atoms with Crippen LogP contribution in [0.2, 0.25) is 0 Å². The van der Waals surface area contributed by atoms with Crippen molar-refractivity contribution in [1.82, 2.24) is 16.0 Å². The van der Waals surface area contributed by atoms with E-state index >= 15 is 0 Å². The Hall–Kier alpha value is -2.53. The van der Waals surface area contributed by atoms with Crippen molar-refractivity contribution in [2.45, 2.75) is 77.4 Å². The molecular formula is C17H28F3N3O6. The summed E-state index contributed by atoms with van der Waals surface area (Å²) in [4.78, 5) is 47.1. The second-order valence-electron chi connectivity index (χ2n) is 7.68. The molecule has 0 aliphatic rings. The number of methoxy groups -OCH3 is 1. The van der Waals surface area contributed by atoms with Crippen LogP contribution in [-0.2, 0) is 23.9 Å². The number of ether oxygens (including phenoxy) is 2. The lowest BCUT2D eigenvalue weighted by Crippen LogP contribution is -2.62. The van der Waals surface area contributed by atoms with E-state index in [0.29, 0.717) is 6.92 Å². The van der Waals surface area contributed by atoms with E-state index in [0.717, 1.165) is 14.0 Å². The van der Waals surface area contributed by atoms with Gasteiger partial charge in [-0.1, -0.05) is 0 Å². The molecule has 0 bridgehead atoms. The highest BCUT2D eigenvalue weighted by Gasteiger charge is 2.53. The van der Waals surface area contributed by atoms with Gasteiger partial charge in [-0.3, -0.25) is 9.59 Å². The van der Waals surface area contributed by atoms with Gasteiger partial charge >= 0.3 is 18.2 Å². The van der Waals surface area contributed by atoms with Crippen LogP contribution < -0.4 is 16.0 Å². The molecule has 0 aromatic heterocycles. The Labute approximate surface area is 167 Å². The number of hydrogen-bond donors (Lipinski definition) is 3. The second kappa shape index (κ2) is 9.79. The molecule has 3 amide bonds. The number of carbonyl (C=O) groups is 4. The van der Waals surface area contributed by atoms with Crippen molar-refractivity contribution in [3.8, 4) is 0 Å². The van der Waals surface area contributed by atoms with Crippen molar-refractivity contribution in [1.29, 1.82) is 0 Å². The molecule has 0 rings (SSSR count). The van der Waals surface area contributed by atoms with Gasteiger partial charge in [-0.05, 0) is 41.5 Å². The van der Waals surface area contributed by atoms with Crippen molar-refractivity contribution in [3.05, 3.63) is 0 Å². The molecular weight excluding hydrogens is 399 g/mol. The fourth-order valence-corrected chi connectivity index (χ4v) is 1.99. The lowest BCUT2D eigenvalue weighted by atomic mass is 9.95. The number of hydrogen-bond acceptors (Lipinski definition) is 6. The fourth-order valence-electron chi connectivity index (χ4n) is 1.99. The molecule has 0 saturated carbocycles. The first-order valence-corrected chi connectivity index (χ1v) is 8.67. The number of carbonyl (C=O) groups excluding carboxylic acids is 4. The van der Waals surface area contributed by atoms with Gasteiger partial charge in [0, 0.05) is 0 Å². The summed E-state index contributed by atoms with van der Waals surface area (Å²) >= 11 is 0. The van der Waals surface area contributed by atoms with E-state index in [-0.39, 0.29) is 0 Å². The van der Waals surface area contributed by atoms with Crippen LogP contribution in [0.4, 0.5) is 18.0 Å². The zero-order valence-corrected chi connectivity index (χ0v) is 17.4. The van der Waals surface area contributed by atoms with E-state index < -0.39 is 59.7 Å². The molecule has 12 heteroatoms. The predicted octanol–water partition coefficient (Wildman–Crippen LogP) is 1.40. The standard InChI is InChI=1S/C17H28F3N3O6/c1-9(22-14(27)29-15(3,4)5)12(25)23-16(6,17(18,19)20)8-11(24)21-10(2)13(26)28-7/h9-10H,8H2,1-7H3,(H,21,24)(H,22,27)(H,23,25)/t9-,10-,16-/m0/s1. The SMILES string of the molecule is COC(=O)[C@H](C)NC(=O)C[C@](C)(NC(=O)[C@H](C)NC(=O)OC(C)(C)C)C(F)(F)F. The molecule has 0 radical (unpaired) electrons. The van der Waals surface area contributed by atoms with E-state index in [1.54, 1.807) is 26.1 Å². The summed E-state index contributed by atoms with van der Waals surface area (Å²) in [6.45, 7) is 7.74. The van der Waals surface area contributed by atoms with Gasteiger partial charge in [-0.15, -0.1) is 0 Å². The topological polar surface area (TPSA) is 123 Å². The van der Waals surface area contributed by atoms with Crippen LogP contribution in [0.5, 0.6) is 0 Å². The average molecular weight is 427 g/mol. The third-order valence-corrected chi connectivity index (χ3v) is 3.60. The lowest BCUT2D eigenvalue weighted by molar-refractivity contribution is -0.196. The number of nitrogens with one attached hydrogen (secondary N) is 3. The molecule has 0 aromatic carbocycles. The highest BCUT2D eigenvalue weighted by Crippen LogP contribution is 2.33. The molecule has 0 saturated heterocycles. The Morgan fingerprint density at radius 1 is 0.931 bits per heavy atom. The minimum absolute atomic E-state index is 0.619. The third kappa shape index (κ3) is 9.01. The van der Waals surface area contributed by atoms with Crippen molar-refractivity contribution in [3.63, 3.8) is 0 Å². The number of esters is 1. The Kier molecular flexibility index (Phi) is 8.94. The number of rotatable bonds is 7. The van der Waals surface area contributed by atoms with E-state index in [4.69, 9.17) is 4.74 Å². The summed E-state index contributed by atoms with van der Waals surface area (Å²) in [5, 5.41) is 5.92. The van der Waals surface area contributed by atoms with Crippen LogP contribution in [0.15, 0.2) is 0 Å².